The number of nitrogens with two attached hydrogens (primary N) is 1. The Morgan fingerprint density at radius 1 is 1.40 bits per heavy atom. The number of hydrogen-bond donors (Lipinski definition) is 1. The molecule has 1 heterocycles. The van der Waals surface area contributed by atoms with Crippen molar-refractivity contribution in [2.24, 2.45) is 5.73 Å². The van der Waals surface area contributed by atoms with Crippen LogP contribution in [0.2, 0.25) is 0 Å². The van der Waals surface area contributed by atoms with E-state index in [0.29, 0.717) is 12.6 Å². The predicted octanol–water partition coefficient (Wildman–Crippen LogP) is 2.02. The van der Waals surface area contributed by atoms with Crippen molar-refractivity contribution >= 4 is 0 Å². The molecule has 1 aromatic rings. The average molecular weight is 278 g/mol. The minimum Gasteiger partial charge on any atom is -0.493 e. The van der Waals surface area contributed by atoms with Gasteiger partial charge in [0.25, 0.3) is 0 Å². The van der Waals surface area contributed by atoms with Gasteiger partial charge in [-0.2, -0.15) is 0 Å². The first-order chi connectivity index (χ1) is 9.79. The summed E-state index contributed by atoms with van der Waals surface area (Å²) in [5, 5.41) is 0. The summed E-state index contributed by atoms with van der Waals surface area (Å²) in [6.07, 6.45) is 3.85. The van der Waals surface area contributed by atoms with Crippen molar-refractivity contribution in [1.29, 1.82) is 0 Å². The van der Waals surface area contributed by atoms with Crippen molar-refractivity contribution in [3.8, 4) is 5.75 Å². The molecule has 0 spiro atoms. The Morgan fingerprint density at radius 2 is 2.25 bits per heavy atom. The van der Waals surface area contributed by atoms with Crippen LogP contribution in [0.5, 0.6) is 5.75 Å². The van der Waals surface area contributed by atoms with Gasteiger partial charge in [-0.3, -0.25) is 0 Å². The van der Waals surface area contributed by atoms with Crippen LogP contribution in [-0.2, 0) is 11.3 Å². The molecule has 0 radical (unpaired) electrons. The lowest BCUT2D eigenvalue weighted by molar-refractivity contribution is 0.0797. The molecule has 1 fully saturated rings. The normalized spacial score (nSPS) is 18.6. The molecule has 2 rings (SSSR count). The Kier molecular flexibility index (Phi) is 6.30. The molecule has 0 aliphatic carbocycles. The number of hydrogen-bond acceptors (Lipinski definition) is 4. The number of nitrogens with zero attached hydrogens (tertiary/aromatic N) is 1. The minimum absolute atomic E-state index is 0.430. The minimum atomic E-state index is 0.430. The highest BCUT2D eigenvalue weighted by Crippen LogP contribution is 2.17. The summed E-state index contributed by atoms with van der Waals surface area (Å²) in [7, 11) is 2.15. The van der Waals surface area contributed by atoms with Crippen molar-refractivity contribution in [3.05, 3.63) is 29.8 Å². The smallest absolute Gasteiger partial charge is 0.123 e. The number of ether oxygens (including phenoxy) is 2. The van der Waals surface area contributed by atoms with Gasteiger partial charge in [0.2, 0.25) is 0 Å². The van der Waals surface area contributed by atoms with Crippen LogP contribution >= 0.6 is 0 Å². The Hall–Kier alpha value is -1.10. The Labute approximate surface area is 121 Å². The summed E-state index contributed by atoms with van der Waals surface area (Å²) >= 11 is 0. The van der Waals surface area contributed by atoms with E-state index in [2.05, 4.69) is 11.9 Å². The highest BCUT2D eigenvalue weighted by atomic mass is 16.5. The van der Waals surface area contributed by atoms with Crippen LogP contribution in [0, 0.1) is 0 Å². The van der Waals surface area contributed by atoms with Gasteiger partial charge < -0.3 is 20.1 Å². The van der Waals surface area contributed by atoms with Crippen molar-refractivity contribution in [3.63, 3.8) is 0 Å². The third kappa shape index (κ3) is 4.78. The molecule has 1 saturated heterocycles. The van der Waals surface area contributed by atoms with E-state index in [-0.39, 0.29) is 0 Å². The molecule has 1 aromatic carbocycles. The zero-order valence-corrected chi connectivity index (χ0v) is 12.4. The molecule has 0 saturated carbocycles. The van der Waals surface area contributed by atoms with Crippen molar-refractivity contribution < 1.29 is 9.47 Å². The molecule has 2 N–H and O–H groups in total. The first kappa shape index (κ1) is 15.3. The highest BCUT2D eigenvalue weighted by molar-refractivity contribution is 5.32. The van der Waals surface area contributed by atoms with E-state index in [1.807, 2.05) is 24.3 Å². The van der Waals surface area contributed by atoms with Gasteiger partial charge in [-0.05, 0) is 32.4 Å². The van der Waals surface area contributed by atoms with Crippen LogP contribution < -0.4 is 10.5 Å². The largest absolute Gasteiger partial charge is 0.493 e. The third-order valence-corrected chi connectivity index (χ3v) is 3.67. The summed E-state index contributed by atoms with van der Waals surface area (Å²) in [4.78, 5) is 2.33. The first-order valence-corrected chi connectivity index (χ1v) is 7.50. The van der Waals surface area contributed by atoms with E-state index < -0.39 is 0 Å². The number of rotatable bonds is 8. The maximum atomic E-state index is 5.81. The second-order valence-electron chi connectivity index (χ2n) is 5.41. The second kappa shape index (κ2) is 8.25. The van der Waals surface area contributed by atoms with E-state index >= 15 is 0 Å². The monoisotopic (exact) mass is 278 g/mol. The van der Waals surface area contributed by atoms with Crippen LogP contribution in [0.1, 0.15) is 24.8 Å². The molecule has 1 unspecified atom stereocenters. The van der Waals surface area contributed by atoms with Crippen molar-refractivity contribution in [2.45, 2.75) is 31.9 Å². The standard InChI is InChI=1S/C16H26N2O2/c1-18(13-15-7-4-10-19-15)9-5-11-20-16-8-3-2-6-14(16)12-17/h2-3,6,8,15H,4-5,7,9-13,17H2,1H3. The lowest BCUT2D eigenvalue weighted by Gasteiger charge is -2.20. The van der Waals surface area contributed by atoms with Gasteiger partial charge in [-0.15, -0.1) is 0 Å². The van der Waals surface area contributed by atoms with E-state index in [0.717, 1.165) is 44.0 Å². The maximum Gasteiger partial charge on any atom is 0.123 e. The molecular weight excluding hydrogens is 252 g/mol. The Morgan fingerprint density at radius 3 is 3.00 bits per heavy atom. The van der Waals surface area contributed by atoms with Gasteiger partial charge in [-0.25, -0.2) is 0 Å². The molecule has 112 valence electrons. The quantitative estimate of drug-likeness (QED) is 0.739. The number of benzene rings is 1. The van der Waals surface area contributed by atoms with Gasteiger partial charge in [0, 0.05) is 31.8 Å². The Bertz CT molecular complexity index is 392. The molecule has 1 atom stereocenters. The lowest BCUT2D eigenvalue weighted by Crippen LogP contribution is -2.30. The second-order valence-corrected chi connectivity index (χ2v) is 5.41. The maximum absolute atomic E-state index is 5.81. The highest BCUT2D eigenvalue weighted by Gasteiger charge is 2.16. The van der Waals surface area contributed by atoms with E-state index in [9.17, 15) is 0 Å². The molecule has 1 aliphatic heterocycles. The molecule has 20 heavy (non-hydrogen) atoms. The van der Waals surface area contributed by atoms with Gasteiger partial charge in [0.1, 0.15) is 5.75 Å². The van der Waals surface area contributed by atoms with Gasteiger partial charge in [-0.1, -0.05) is 18.2 Å². The lowest BCUT2D eigenvalue weighted by atomic mass is 10.2. The summed E-state index contributed by atoms with van der Waals surface area (Å²) < 4.78 is 11.5. The first-order valence-electron chi connectivity index (χ1n) is 7.50. The van der Waals surface area contributed by atoms with Gasteiger partial charge >= 0.3 is 0 Å². The zero-order chi connectivity index (χ0) is 14.2. The molecule has 4 nitrogen and oxygen atoms in total. The molecule has 1 aliphatic rings. The van der Waals surface area contributed by atoms with Crippen LogP contribution in [0.15, 0.2) is 24.3 Å². The fourth-order valence-electron chi connectivity index (χ4n) is 2.56. The fraction of sp³-hybridized carbons (Fsp3) is 0.625. The SMILES string of the molecule is CN(CCCOc1ccccc1CN)CC1CCCO1. The van der Waals surface area contributed by atoms with Crippen molar-refractivity contribution in [2.75, 3.05) is 33.4 Å². The van der Waals surface area contributed by atoms with Gasteiger partial charge in [0.15, 0.2) is 0 Å². The number of para-hydroxylation sites is 1. The van der Waals surface area contributed by atoms with Crippen LogP contribution in [0.3, 0.4) is 0 Å². The van der Waals surface area contributed by atoms with Crippen LogP contribution in [0.4, 0.5) is 0 Å². The number of likely N-dealkylation sites (N-methyl/N-ethyl adjacent to an activating group) is 1. The molecular formula is C16H26N2O2. The van der Waals surface area contributed by atoms with Crippen LogP contribution in [-0.4, -0.2) is 44.4 Å². The summed E-state index contributed by atoms with van der Waals surface area (Å²) in [6, 6.07) is 7.97. The summed E-state index contributed by atoms with van der Waals surface area (Å²) in [5.41, 5.74) is 6.76. The molecule has 4 heteroatoms. The molecule has 0 amide bonds. The summed E-state index contributed by atoms with van der Waals surface area (Å²) in [6.45, 7) is 4.24. The fourth-order valence-corrected chi connectivity index (χ4v) is 2.56. The van der Waals surface area contributed by atoms with E-state index in [1.165, 1.54) is 12.8 Å². The topological polar surface area (TPSA) is 47.7 Å². The van der Waals surface area contributed by atoms with Crippen LogP contribution in [0.25, 0.3) is 0 Å². The van der Waals surface area contributed by atoms with E-state index in [1.54, 1.807) is 0 Å². The molecule has 0 aromatic heterocycles. The zero-order valence-electron chi connectivity index (χ0n) is 12.4. The molecule has 0 bridgehead atoms. The van der Waals surface area contributed by atoms with E-state index in [4.69, 9.17) is 15.2 Å². The van der Waals surface area contributed by atoms with Crippen molar-refractivity contribution in [1.82, 2.24) is 4.90 Å². The Balaban J connectivity index is 1.63. The average Bonchev–Trinajstić information content (AvgIpc) is 2.97. The summed E-state index contributed by atoms with van der Waals surface area (Å²) in [5.74, 6) is 0.914. The van der Waals surface area contributed by atoms with Gasteiger partial charge in [0.05, 0.1) is 12.7 Å². The predicted molar refractivity (Wildman–Crippen MR) is 80.9 cm³/mol. The third-order valence-electron chi connectivity index (χ3n) is 3.67.